The molecule has 4 heteroatoms. The van der Waals surface area contributed by atoms with Crippen molar-refractivity contribution in [3.63, 3.8) is 0 Å². The van der Waals surface area contributed by atoms with Crippen molar-refractivity contribution in [3.05, 3.63) is 17.5 Å². The van der Waals surface area contributed by atoms with Crippen molar-refractivity contribution in [2.24, 2.45) is 5.92 Å². The van der Waals surface area contributed by atoms with Gasteiger partial charge in [0.25, 0.3) is 0 Å². The van der Waals surface area contributed by atoms with E-state index in [2.05, 4.69) is 29.2 Å². The lowest BCUT2D eigenvalue weighted by Gasteiger charge is -2.31. The van der Waals surface area contributed by atoms with Crippen LogP contribution in [0.1, 0.15) is 38.1 Å². The SMILES string of the molecule is Cc1cc(CN2CCC(CNC(C)C)CC2)on1. The van der Waals surface area contributed by atoms with E-state index in [1.165, 1.54) is 25.9 Å². The number of rotatable bonds is 5. The fraction of sp³-hybridized carbons (Fsp3) is 0.786. The number of piperidine rings is 1. The molecule has 0 amide bonds. The summed E-state index contributed by atoms with van der Waals surface area (Å²) in [5.74, 6) is 1.83. The summed E-state index contributed by atoms with van der Waals surface area (Å²) in [5, 5.41) is 7.47. The van der Waals surface area contributed by atoms with Gasteiger partial charge >= 0.3 is 0 Å². The van der Waals surface area contributed by atoms with Crippen LogP contribution in [-0.2, 0) is 6.54 Å². The number of hydrogen-bond donors (Lipinski definition) is 1. The first-order valence-corrected chi connectivity index (χ1v) is 7.01. The summed E-state index contributed by atoms with van der Waals surface area (Å²) in [6.45, 7) is 10.8. The number of aromatic nitrogens is 1. The highest BCUT2D eigenvalue weighted by atomic mass is 16.5. The van der Waals surface area contributed by atoms with Gasteiger partial charge in [-0.2, -0.15) is 0 Å². The van der Waals surface area contributed by atoms with Crippen molar-refractivity contribution in [1.82, 2.24) is 15.4 Å². The van der Waals surface area contributed by atoms with Crippen LogP contribution in [-0.4, -0.2) is 35.7 Å². The van der Waals surface area contributed by atoms with Crippen LogP contribution in [0.15, 0.2) is 10.6 Å². The highest BCUT2D eigenvalue weighted by Crippen LogP contribution is 2.18. The molecule has 0 saturated carbocycles. The molecular formula is C14H25N3O. The minimum atomic E-state index is 0.597. The lowest BCUT2D eigenvalue weighted by molar-refractivity contribution is 0.159. The van der Waals surface area contributed by atoms with Crippen molar-refractivity contribution in [3.8, 4) is 0 Å². The second-order valence-electron chi connectivity index (χ2n) is 5.72. The zero-order valence-corrected chi connectivity index (χ0v) is 11.8. The lowest BCUT2D eigenvalue weighted by atomic mass is 9.96. The Morgan fingerprint density at radius 1 is 1.44 bits per heavy atom. The zero-order chi connectivity index (χ0) is 13.0. The van der Waals surface area contributed by atoms with E-state index in [-0.39, 0.29) is 0 Å². The summed E-state index contributed by atoms with van der Waals surface area (Å²) in [6.07, 6.45) is 2.57. The van der Waals surface area contributed by atoms with Crippen molar-refractivity contribution in [2.45, 2.75) is 46.2 Å². The summed E-state index contributed by atoms with van der Waals surface area (Å²) in [4.78, 5) is 2.46. The summed E-state index contributed by atoms with van der Waals surface area (Å²) in [6, 6.07) is 2.63. The fourth-order valence-electron chi connectivity index (χ4n) is 2.46. The van der Waals surface area contributed by atoms with Crippen LogP contribution < -0.4 is 5.32 Å². The van der Waals surface area contributed by atoms with Crippen LogP contribution in [0.2, 0.25) is 0 Å². The quantitative estimate of drug-likeness (QED) is 0.871. The molecule has 0 spiro atoms. The van der Waals surface area contributed by atoms with Crippen molar-refractivity contribution in [2.75, 3.05) is 19.6 Å². The number of aryl methyl sites for hydroxylation is 1. The molecule has 0 unspecified atom stereocenters. The van der Waals surface area contributed by atoms with E-state index in [9.17, 15) is 0 Å². The van der Waals surface area contributed by atoms with Crippen LogP contribution in [0.25, 0.3) is 0 Å². The van der Waals surface area contributed by atoms with Gasteiger partial charge in [0.1, 0.15) is 0 Å². The maximum Gasteiger partial charge on any atom is 0.150 e. The summed E-state index contributed by atoms with van der Waals surface area (Å²) >= 11 is 0. The monoisotopic (exact) mass is 251 g/mol. The minimum absolute atomic E-state index is 0.597. The Bertz CT molecular complexity index is 354. The van der Waals surface area contributed by atoms with Crippen LogP contribution in [0, 0.1) is 12.8 Å². The molecule has 0 aromatic carbocycles. The predicted octanol–water partition coefficient (Wildman–Crippen LogP) is 2.19. The number of hydrogen-bond acceptors (Lipinski definition) is 4. The minimum Gasteiger partial charge on any atom is -0.360 e. The standard InChI is InChI=1S/C14H25N3O/c1-11(2)15-9-13-4-6-17(7-5-13)10-14-8-12(3)16-18-14/h8,11,13,15H,4-7,9-10H2,1-3H3. The molecule has 4 nitrogen and oxygen atoms in total. The van der Waals surface area contributed by atoms with Gasteiger partial charge in [0.2, 0.25) is 0 Å². The van der Waals surface area contributed by atoms with Gasteiger partial charge < -0.3 is 9.84 Å². The first-order chi connectivity index (χ1) is 8.63. The van der Waals surface area contributed by atoms with Crippen LogP contribution in [0.5, 0.6) is 0 Å². The van der Waals surface area contributed by atoms with Gasteiger partial charge in [-0.1, -0.05) is 19.0 Å². The first kappa shape index (κ1) is 13.6. The third kappa shape index (κ3) is 4.10. The van der Waals surface area contributed by atoms with E-state index >= 15 is 0 Å². The fourth-order valence-corrected chi connectivity index (χ4v) is 2.46. The molecule has 0 bridgehead atoms. The molecule has 2 heterocycles. The second-order valence-corrected chi connectivity index (χ2v) is 5.72. The molecule has 1 saturated heterocycles. The Kier molecular flexibility index (Phi) is 4.78. The van der Waals surface area contributed by atoms with Gasteiger partial charge in [0.15, 0.2) is 5.76 Å². The second kappa shape index (κ2) is 6.34. The first-order valence-electron chi connectivity index (χ1n) is 7.01. The van der Waals surface area contributed by atoms with Crippen LogP contribution in [0.3, 0.4) is 0 Å². The predicted molar refractivity (Wildman–Crippen MR) is 72.4 cm³/mol. The Morgan fingerprint density at radius 2 is 2.17 bits per heavy atom. The largest absolute Gasteiger partial charge is 0.360 e. The van der Waals surface area contributed by atoms with Gasteiger partial charge in [-0.15, -0.1) is 0 Å². The molecule has 1 aromatic rings. The zero-order valence-electron chi connectivity index (χ0n) is 11.8. The molecule has 2 rings (SSSR count). The number of likely N-dealkylation sites (tertiary alicyclic amines) is 1. The van der Waals surface area contributed by atoms with Crippen molar-refractivity contribution < 1.29 is 4.52 Å². The van der Waals surface area contributed by atoms with E-state index in [0.29, 0.717) is 6.04 Å². The van der Waals surface area contributed by atoms with E-state index in [0.717, 1.165) is 30.5 Å². The van der Waals surface area contributed by atoms with E-state index in [1.54, 1.807) is 0 Å². The van der Waals surface area contributed by atoms with E-state index < -0.39 is 0 Å². The summed E-state index contributed by atoms with van der Waals surface area (Å²) in [5.41, 5.74) is 0.973. The maximum atomic E-state index is 5.27. The Hall–Kier alpha value is -0.870. The molecular weight excluding hydrogens is 226 g/mol. The van der Waals surface area contributed by atoms with Crippen LogP contribution in [0.4, 0.5) is 0 Å². The number of nitrogens with zero attached hydrogens (tertiary/aromatic N) is 2. The smallest absolute Gasteiger partial charge is 0.150 e. The molecule has 0 aliphatic carbocycles. The van der Waals surface area contributed by atoms with Gasteiger partial charge in [0.05, 0.1) is 12.2 Å². The normalized spacial score (nSPS) is 18.7. The average molecular weight is 251 g/mol. The van der Waals surface area contributed by atoms with Gasteiger partial charge in [0, 0.05) is 12.1 Å². The van der Waals surface area contributed by atoms with E-state index in [4.69, 9.17) is 4.52 Å². The summed E-state index contributed by atoms with van der Waals surface area (Å²) in [7, 11) is 0. The van der Waals surface area contributed by atoms with E-state index in [1.807, 2.05) is 13.0 Å². The number of nitrogens with one attached hydrogen (secondary N) is 1. The molecule has 0 atom stereocenters. The van der Waals surface area contributed by atoms with Gasteiger partial charge in [-0.05, 0) is 45.3 Å². The van der Waals surface area contributed by atoms with Gasteiger partial charge in [-0.3, -0.25) is 4.90 Å². The third-order valence-corrected chi connectivity index (χ3v) is 3.58. The molecule has 1 fully saturated rings. The Morgan fingerprint density at radius 3 is 2.72 bits per heavy atom. The molecule has 102 valence electrons. The van der Waals surface area contributed by atoms with Crippen LogP contribution >= 0.6 is 0 Å². The molecule has 1 aromatic heterocycles. The Labute approximate surface area is 110 Å². The third-order valence-electron chi connectivity index (χ3n) is 3.58. The highest BCUT2D eigenvalue weighted by Gasteiger charge is 2.20. The van der Waals surface area contributed by atoms with Crippen molar-refractivity contribution in [1.29, 1.82) is 0 Å². The molecule has 1 aliphatic heterocycles. The molecule has 1 N–H and O–H groups in total. The van der Waals surface area contributed by atoms with Crippen molar-refractivity contribution >= 4 is 0 Å². The molecule has 1 aliphatic rings. The lowest BCUT2D eigenvalue weighted by Crippen LogP contribution is -2.38. The Balaban J connectivity index is 1.70. The molecule has 18 heavy (non-hydrogen) atoms. The van der Waals surface area contributed by atoms with Gasteiger partial charge in [-0.25, -0.2) is 0 Å². The highest BCUT2D eigenvalue weighted by molar-refractivity contribution is 5.02. The average Bonchev–Trinajstić information content (AvgIpc) is 2.74. The summed E-state index contributed by atoms with van der Waals surface area (Å²) < 4.78 is 5.27. The maximum absolute atomic E-state index is 5.27. The topological polar surface area (TPSA) is 41.3 Å². The molecule has 0 radical (unpaired) electrons.